The molecule has 2 aromatic rings. The van der Waals surface area contributed by atoms with Gasteiger partial charge in [0.05, 0.1) is 6.61 Å². The number of hydrogen-bond donors (Lipinski definition) is 3. The summed E-state index contributed by atoms with van der Waals surface area (Å²) in [7, 11) is 0. The Kier molecular flexibility index (Phi) is 7.69. The number of amides is 1. The van der Waals surface area contributed by atoms with Gasteiger partial charge >= 0.3 is 11.8 Å². The zero-order chi connectivity index (χ0) is 14.9. The van der Waals surface area contributed by atoms with Crippen LogP contribution < -0.4 is 16.3 Å². The van der Waals surface area contributed by atoms with Gasteiger partial charge in [-0.05, 0) is 24.6 Å². The number of nitrogens with zero attached hydrogens (tertiary/aromatic N) is 1. The number of aromatic amines is 1. The molecule has 8 heteroatoms. The number of carbonyl (C=O) groups is 1. The lowest BCUT2D eigenvalue weighted by atomic mass is 10.3. The van der Waals surface area contributed by atoms with Crippen LogP contribution in [-0.4, -0.2) is 29.2 Å². The first kappa shape index (κ1) is 17.7. The van der Waals surface area contributed by atoms with Crippen molar-refractivity contribution in [3.8, 4) is 0 Å². The summed E-state index contributed by atoms with van der Waals surface area (Å²) in [6.45, 7) is 0.847. The molecule has 0 radical (unpaired) electrons. The summed E-state index contributed by atoms with van der Waals surface area (Å²) < 4.78 is 5.03. The number of rotatable bonds is 6. The van der Waals surface area contributed by atoms with E-state index in [4.69, 9.17) is 4.74 Å². The van der Waals surface area contributed by atoms with E-state index in [1.807, 2.05) is 18.2 Å². The predicted molar refractivity (Wildman–Crippen MR) is 89.7 cm³/mol. The van der Waals surface area contributed by atoms with Crippen molar-refractivity contribution in [2.75, 3.05) is 23.8 Å². The third kappa shape index (κ3) is 6.40. The predicted octanol–water partition coefficient (Wildman–Crippen LogP) is 2.40. The maximum Gasteiger partial charge on any atom is 0.411 e. The van der Waals surface area contributed by atoms with E-state index in [0.717, 1.165) is 0 Å². The summed E-state index contributed by atoms with van der Waals surface area (Å²) in [5.41, 5.74) is 0.286. The molecule has 0 spiro atoms. The summed E-state index contributed by atoms with van der Waals surface area (Å²) in [5.74, 6) is 0.587. The van der Waals surface area contributed by atoms with E-state index in [2.05, 4.69) is 20.6 Å². The minimum absolute atomic E-state index is 0. The summed E-state index contributed by atoms with van der Waals surface area (Å²) in [6, 6.07) is 10.7. The second-order valence-corrected chi connectivity index (χ2v) is 4.20. The van der Waals surface area contributed by atoms with Gasteiger partial charge in [0.15, 0.2) is 0 Å². The minimum Gasteiger partial charge on any atom is -0.449 e. The molecule has 0 fully saturated rings. The molecule has 22 heavy (non-hydrogen) atoms. The average molecular weight is 369 g/mol. The molecule has 1 heterocycles. The van der Waals surface area contributed by atoms with E-state index in [1.165, 1.54) is 6.20 Å². The fourth-order valence-corrected chi connectivity index (χ4v) is 1.61. The Morgan fingerprint density at radius 3 is 2.73 bits per heavy atom. The van der Waals surface area contributed by atoms with E-state index in [1.54, 1.807) is 18.2 Å². The topological polar surface area (TPSA) is 96.1 Å². The van der Waals surface area contributed by atoms with Gasteiger partial charge in [-0.15, -0.1) is 17.0 Å². The standard InChI is InChI=1S/C14H16N4O3.BrH/c19-13-16-9-7-12(18-13)15-8-4-10-21-14(20)17-11-5-2-1-3-6-11;/h1-3,5-7,9H,4,8,10H2,(H,17,20)(H2,15,16,18,19);1H. The Balaban J connectivity index is 0.00000242. The smallest absolute Gasteiger partial charge is 0.411 e. The number of nitrogens with one attached hydrogen (secondary N) is 3. The number of benzene rings is 1. The van der Waals surface area contributed by atoms with Crippen molar-refractivity contribution in [2.45, 2.75) is 6.42 Å². The molecular weight excluding hydrogens is 352 g/mol. The molecule has 0 saturated carbocycles. The number of ether oxygens (including phenoxy) is 1. The van der Waals surface area contributed by atoms with Gasteiger partial charge in [0.1, 0.15) is 5.82 Å². The van der Waals surface area contributed by atoms with Gasteiger partial charge in [0, 0.05) is 18.4 Å². The highest BCUT2D eigenvalue weighted by Gasteiger charge is 2.02. The van der Waals surface area contributed by atoms with Gasteiger partial charge in [0.2, 0.25) is 0 Å². The van der Waals surface area contributed by atoms with Crippen LogP contribution in [-0.2, 0) is 4.74 Å². The fourth-order valence-electron chi connectivity index (χ4n) is 1.61. The summed E-state index contributed by atoms with van der Waals surface area (Å²) >= 11 is 0. The highest BCUT2D eigenvalue weighted by molar-refractivity contribution is 8.93. The summed E-state index contributed by atoms with van der Waals surface area (Å²) in [4.78, 5) is 28.5. The van der Waals surface area contributed by atoms with Gasteiger partial charge in [-0.25, -0.2) is 14.6 Å². The van der Waals surface area contributed by atoms with Crippen LogP contribution in [0.2, 0.25) is 0 Å². The largest absolute Gasteiger partial charge is 0.449 e. The highest BCUT2D eigenvalue weighted by atomic mass is 79.9. The molecule has 0 aliphatic heterocycles. The molecule has 0 bridgehead atoms. The first-order valence-corrected chi connectivity index (χ1v) is 6.52. The number of para-hydroxylation sites is 1. The third-order valence-electron chi connectivity index (χ3n) is 2.56. The molecule has 118 valence electrons. The van der Waals surface area contributed by atoms with Gasteiger partial charge in [-0.3, -0.25) is 10.3 Å². The van der Waals surface area contributed by atoms with Crippen LogP contribution in [0.4, 0.5) is 16.3 Å². The molecule has 1 aromatic carbocycles. The molecule has 2 rings (SSSR count). The van der Waals surface area contributed by atoms with E-state index < -0.39 is 11.8 Å². The molecule has 0 saturated heterocycles. The molecule has 0 unspecified atom stereocenters. The zero-order valence-corrected chi connectivity index (χ0v) is 13.5. The Labute approximate surface area is 137 Å². The second-order valence-electron chi connectivity index (χ2n) is 4.20. The van der Waals surface area contributed by atoms with Crippen molar-refractivity contribution >= 4 is 34.6 Å². The molecule has 0 aliphatic carbocycles. The average Bonchev–Trinajstić information content (AvgIpc) is 2.48. The Bertz CT molecular complexity index is 633. The van der Waals surface area contributed by atoms with Crippen LogP contribution in [0.1, 0.15) is 6.42 Å². The molecule has 1 aromatic heterocycles. The first-order valence-electron chi connectivity index (χ1n) is 6.52. The van der Waals surface area contributed by atoms with Crippen molar-refractivity contribution in [1.29, 1.82) is 0 Å². The summed E-state index contributed by atoms with van der Waals surface area (Å²) in [6.07, 6.45) is 1.55. The number of anilines is 2. The lowest BCUT2D eigenvalue weighted by Crippen LogP contribution is -2.17. The zero-order valence-electron chi connectivity index (χ0n) is 11.7. The van der Waals surface area contributed by atoms with E-state index in [0.29, 0.717) is 24.5 Å². The third-order valence-corrected chi connectivity index (χ3v) is 2.56. The second kappa shape index (κ2) is 9.56. The summed E-state index contributed by atoms with van der Waals surface area (Å²) in [5, 5.41) is 5.62. The molecule has 1 amide bonds. The van der Waals surface area contributed by atoms with Crippen LogP contribution in [0.5, 0.6) is 0 Å². The fraction of sp³-hybridized carbons (Fsp3) is 0.214. The molecular formula is C14H17BrN4O3. The number of halogens is 1. The van der Waals surface area contributed by atoms with Gasteiger partial charge in [0.25, 0.3) is 0 Å². The Morgan fingerprint density at radius 1 is 1.23 bits per heavy atom. The lowest BCUT2D eigenvalue weighted by molar-refractivity contribution is 0.161. The van der Waals surface area contributed by atoms with E-state index in [-0.39, 0.29) is 23.6 Å². The quantitative estimate of drug-likeness (QED) is 0.680. The first-order chi connectivity index (χ1) is 10.2. The maximum absolute atomic E-state index is 11.5. The molecule has 3 N–H and O–H groups in total. The molecule has 0 atom stereocenters. The minimum atomic E-state index is -0.487. The van der Waals surface area contributed by atoms with Crippen molar-refractivity contribution in [3.63, 3.8) is 0 Å². The maximum atomic E-state index is 11.5. The van der Waals surface area contributed by atoms with Crippen LogP contribution in [0.15, 0.2) is 47.4 Å². The van der Waals surface area contributed by atoms with Gasteiger partial charge < -0.3 is 10.1 Å². The van der Waals surface area contributed by atoms with Crippen LogP contribution >= 0.6 is 17.0 Å². The van der Waals surface area contributed by atoms with Crippen molar-refractivity contribution in [2.24, 2.45) is 0 Å². The molecule has 7 nitrogen and oxygen atoms in total. The van der Waals surface area contributed by atoms with Crippen molar-refractivity contribution < 1.29 is 9.53 Å². The van der Waals surface area contributed by atoms with Crippen LogP contribution in [0.25, 0.3) is 0 Å². The number of hydrogen-bond acceptors (Lipinski definition) is 5. The monoisotopic (exact) mass is 368 g/mol. The van der Waals surface area contributed by atoms with Gasteiger partial charge in [-0.1, -0.05) is 18.2 Å². The van der Waals surface area contributed by atoms with Crippen molar-refractivity contribution in [1.82, 2.24) is 9.97 Å². The number of H-pyrrole nitrogens is 1. The SMILES string of the molecule is Br.O=C(Nc1ccccc1)OCCCNc1ccnc(=O)[nH]1. The Hall–Kier alpha value is -2.35. The van der Waals surface area contributed by atoms with Crippen LogP contribution in [0.3, 0.4) is 0 Å². The van der Waals surface area contributed by atoms with Crippen LogP contribution in [0, 0.1) is 0 Å². The van der Waals surface area contributed by atoms with E-state index in [9.17, 15) is 9.59 Å². The van der Waals surface area contributed by atoms with Crippen molar-refractivity contribution in [3.05, 3.63) is 53.1 Å². The lowest BCUT2D eigenvalue weighted by Gasteiger charge is -2.08. The van der Waals surface area contributed by atoms with Gasteiger partial charge in [-0.2, -0.15) is 0 Å². The number of aromatic nitrogens is 2. The number of carbonyl (C=O) groups excluding carboxylic acids is 1. The van der Waals surface area contributed by atoms with E-state index >= 15 is 0 Å². The molecule has 0 aliphatic rings. The highest BCUT2D eigenvalue weighted by Crippen LogP contribution is 2.05. The Morgan fingerprint density at radius 2 is 2.00 bits per heavy atom. The normalized spacial score (nSPS) is 9.45.